The Morgan fingerprint density at radius 1 is 0.923 bits per heavy atom. The Kier molecular flexibility index (Phi) is 6.31. The van der Waals surface area contributed by atoms with Crippen molar-refractivity contribution in [3.8, 4) is 11.1 Å². The van der Waals surface area contributed by atoms with E-state index >= 15 is 0 Å². The minimum Gasteiger partial charge on any atom is -0.375 e. The first-order valence-corrected chi connectivity index (χ1v) is 9.58. The van der Waals surface area contributed by atoms with E-state index in [0.29, 0.717) is 16.1 Å². The van der Waals surface area contributed by atoms with Gasteiger partial charge in [-0.2, -0.15) is 0 Å². The van der Waals surface area contributed by atoms with Crippen molar-refractivity contribution >= 4 is 11.6 Å². The summed E-state index contributed by atoms with van der Waals surface area (Å²) in [7, 11) is 0. The van der Waals surface area contributed by atoms with Crippen LogP contribution in [0.2, 0.25) is 5.02 Å². The molecule has 0 amide bonds. The molecule has 2 aromatic carbocycles. The van der Waals surface area contributed by atoms with Crippen LogP contribution in [0.3, 0.4) is 0 Å². The van der Waals surface area contributed by atoms with Gasteiger partial charge in [0.1, 0.15) is 11.6 Å². The van der Waals surface area contributed by atoms with Crippen LogP contribution >= 0.6 is 11.6 Å². The van der Waals surface area contributed by atoms with E-state index < -0.39 is 11.6 Å². The summed E-state index contributed by atoms with van der Waals surface area (Å²) >= 11 is 6.40. The van der Waals surface area contributed by atoms with Crippen LogP contribution in [0.5, 0.6) is 0 Å². The molecule has 1 fully saturated rings. The molecule has 0 aromatic heterocycles. The maximum Gasteiger partial charge on any atom is 0.126 e. The normalized spacial score (nSPS) is 15.4. The van der Waals surface area contributed by atoms with Crippen LogP contribution in [0.25, 0.3) is 11.1 Å². The highest BCUT2D eigenvalue weighted by Crippen LogP contribution is 2.30. The van der Waals surface area contributed by atoms with Crippen molar-refractivity contribution in [3.63, 3.8) is 0 Å². The van der Waals surface area contributed by atoms with Crippen molar-refractivity contribution in [2.75, 3.05) is 13.1 Å². The minimum absolute atomic E-state index is 0.446. The van der Waals surface area contributed by atoms with Crippen molar-refractivity contribution in [1.29, 1.82) is 0 Å². The fourth-order valence-corrected chi connectivity index (χ4v) is 3.84. The van der Waals surface area contributed by atoms with Crippen LogP contribution in [0.1, 0.15) is 37.7 Å². The number of nitrogens with zero attached hydrogens (tertiary/aromatic N) is 1. The highest BCUT2D eigenvalue weighted by atomic mass is 35.5. The maximum atomic E-state index is 13.5. The topological polar surface area (TPSA) is 3.24 Å². The zero-order chi connectivity index (χ0) is 18.5. The second-order valence-corrected chi connectivity index (χ2v) is 7.38. The van der Waals surface area contributed by atoms with Crippen molar-refractivity contribution in [3.05, 3.63) is 70.9 Å². The summed E-state index contributed by atoms with van der Waals surface area (Å²) in [6.45, 7) is 6.39. The first kappa shape index (κ1) is 18.9. The first-order chi connectivity index (χ1) is 12.5. The Morgan fingerprint density at radius 3 is 2.15 bits per heavy atom. The monoisotopic (exact) mass is 375 g/mol. The number of benzene rings is 2. The van der Waals surface area contributed by atoms with E-state index in [0.717, 1.165) is 36.8 Å². The summed E-state index contributed by atoms with van der Waals surface area (Å²) in [4.78, 5) is 2.38. The molecule has 0 spiro atoms. The van der Waals surface area contributed by atoms with Crippen LogP contribution in [0.4, 0.5) is 8.78 Å². The summed E-state index contributed by atoms with van der Waals surface area (Å²) < 4.78 is 26.9. The molecule has 1 aliphatic heterocycles. The van der Waals surface area contributed by atoms with Crippen molar-refractivity contribution in [2.24, 2.45) is 0 Å². The number of allylic oxidation sites excluding steroid dienone is 1. The lowest BCUT2D eigenvalue weighted by Gasteiger charge is -2.28. The van der Waals surface area contributed by atoms with Gasteiger partial charge in [-0.25, -0.2) is 8.78 Å². The molecule has 0 aliphatic carbocycles. The Morgan fingerprint density at radius 2 is 1.54 bits per heavy atom. The van der Waals surface area contributed by atoms with E-state index in [2.05, 4.69) is 11.5 Å². The maximum absolute atomic E-state index is 13.5. The predicted octanol–water partition coefficient (Wildman–Crippen LogP) is 6.61. The molecule has 26 heavy (non-hydrogen) atoms. The molecule has 0 N–H and O–H groups in total. The van der Waals surface area contributed by atoms with E-state index in [9.17, 15) is 8.78 Å². The minimum atomic E-state index is -0.606. The van der Waals surface area contributed by atoms with Crippen LogP contribution in [-0.4, -0.2) is 18.0 Å². The van der Waals surface area contributed by atoms with Gasteiger partial charge in [0.25, 0.3) is 0 Å². The van der Waals surface area contributed by atoms with E-state index in [1.54, 1.807) is 0 Å². The van der Waals surface area contributed by atoms with Crippen LogP contribution < -0.4 is 0 Å². The molecule has 1 aliphatic rings. The highest BCUT2D eigenvalue weighted by molar-refractivity contribution is 6.33. The molecular formula is C22H24ClF2N. The molecule has 1 saturated heterocycles. The number of hydrogen-bond donors (Lipinski definition) is 0. The van der Waals surface area contributed by atoms with Gasteiger partial charge in [-0.15, -0.1) is 0 Å². The summed E-state index contributed by atoms with van der Waals surface area (Å²) in [5.74, 6) is -1.21. The SMILES string of the molecule is C=C(Cc1ccc(-c2cc(F)cc(F)c2)c(Cl)c1)N1CCCCCCC1. The molecule has 138 valence electrons. The molecule has 0 atom stereocenters. The van der Waals surface area contributed by atoms with Crippen molar-refractivity contribution < 1.29 is 8.78 Å². The second-order valence-electron chi connectivity index (χ2n) is 6.97. The van der Waals surface area contributed by atoms with Gasteiger partial charge in [0.05, 0.1) is 0 Å². The predicted molar refractivity (Wildman–Crippen MR) is 104 cm³/mol. The average molecular weight is 376 g/mol. The lowest BCUT2D eigenvalue weighted by atomic mass is 10.0. The van der Waals surface area contributed by atoms with Crippen molar-refractivity contribution in [2.45, 2.75) is 38.5 Å². The summed E-state index contributed by atoms with van der Waals surface area (Å²) in [6, 6.07) is 9.10. The molecule has 0 radical (unpaired) electrons. The molecule has 0 saturated carbocycles. The van der Waals surface area contributed by atoms with Gasteiger partial charge in [-0.05, 0) is 42.2 Å². The molecule has 0 bridgehead atoms. The molecule has 0 unspecified atom stereocenters. The van der Waals surface area contributed by atoms with Gasteiger partial charge in [0, 0.05) is 41.9 Å². The third kappa shape index (κ3) is 4.85. The number of rotatable bonds is 4. The van der Waals surface area contributed by atoms with Crippen LogP contribution in [0.15, 0.2) is 48.7 Å². The van der Waals surface area contributed by atoms with E-state index in [1.807, 2.05) is 18.2 Å². The summed E-state index contributed by atoms with van der Waals surface area (Å²) in [6.07, 6.45) is 7.06. The highest BCUT2D eigenvalue weighted by Gasteiger charge is 2.12. The van der Waals surface area contributed by atoms with Crippen molar-refractivity contribution in [1.82, 2.24) is 4.90 Å². The lowest BCUT2D eigenvalue weighted by molar-refractivity contribution is 0.301. The lowest BCUT2D eigenvalue weighted by Crippen LogP contribution is -2.27. The number of hydrogen-bond acceptors (Lipinski definition) is 1. The average Bonchev–Trinajstić information content (AvgIpc) is 2.53. The Bertz CT molecular complexity index is 759. The molecule has 2 aromatic rings. The van der Waals surface area contributed by atoms with E-state index in [-0.39, 0.29) is 0 Å². The third-order valence-electron chi connectivity index (χ3n) is 4.92. The standard InChI is InChI=1S/C22H24ClF2N/c1-16(26-9-5-3-2-4-6-10-26)11-17-7-8-21(22(23)12-17)18-13-19(24)15-20(25)14-18/h7-8,12-15H,1-6,9-11H2. The fourth-order valence-electron chi connectivity index (χ4n) is 3.52. The Balaban J connectivity index is 1.73. The molecule has 4 heteroatoms. The van der Waals surface area contributed by atoms with E-state index in [4.69, 9.17) is 11.6 Å². The Labute approximate surface area is 159 Å². The third-order valence-corrected chi connectivity index (χ3v) is 5.23. The zero-order valence-corrected chi connectivity index (χ0v) is 15.7. The van der Waals surface area contributed by atoms with E-state index in [1.165, 1.54) is 44.2 Å². The van der Waals surface area contributed by atoms with Gasteiger partial charge in [-0.3, -0.25) is 0 Å². The molecule has 1 nitrogen and oxygen atoms in total. The molecule has 1 heterocycles. The molecule has 3 rings (SSSR count). The summed E-state index contributed by atoms with van der Waals surface area (Å²) in [5.41, 5.74) is 3.24. The Hall–Kier alpha value is -1.87. The van der Waals surface area contributed by atoms with Gasteiger partial charge in [-0.1, -0.05) is 49.6 Å². The summed E-state index contributed by atoms with van der Waals surface area (Å²) in [5, 5.41) is 0.493. The smallest absolute Gasteiger partial charge is 0.126 e. The fraction of sp³-hybridized carbons (Fsp3) is 0.364. The number of halogens is 3. The van der Waals surface area contributed by atoms with Gasteiger partial charge < -0.3 is 4.90 Å². The second kappa shape index (κ2) is 8.68. The zero-order valence-electron chi connectivity index (χ0n) is 14.9. The van der Waals surface area contributed by atoms with Gasteiger partial charge in [0.15, 0.2) is 0 Å². The van der Waals surface area contributed by atoms with Crippen LogP contribution in [0, 0.1) is 11.6 Å². The van der Waals surface area contributed by atoms with Gasteiger partial charge >= 0.3 is 0 Å². The van der Waals surface area contributed by atoms with Crippen LogP contribution in [-0.2, 0) is 6.42 Å². The van der Waals surface area contributed by atoms with Gasteiger partial charge in [0.2, 0.25) is 0 Å². The number of likely N-dealkylation sites (tertiary alicyclic amines) is 1. The largest absolute Gasteiger partial charge is 0.375 e. The first-order valence-electron chi connectivity index (χ1n) is 9.20. The molecular weight excluding hydrogens is 352 g/mol. The quantitative estimate of drug-likeness (QED) is 0.581.